The van der Waals surface area contributed by atoms with Gasteiger partial charge in [0.25, 0.3) is 6.43 Å². The zero-order chi connectivity index (χ0) is 13.0. The molecule has 0 N–H and O–H groups in total. The Hall–Kier alpha value is -2.12. The molecule has 6 nitrogen and oxygen atoms in total. The third-order valence-electron chi connectivity index (χ3n) is 1.84. The monoisotopic (exact) mass is 246 g/mol. The zero-order valence-electron chi connectivity index (χ0n) is 8.72. The predicted molar refractivity (Wildman–Crippen MR) is 51.8 cm³/mol. The van der Waals surface area contributed by atoms with E-state index in [4.69, 9.17) is 0 Å². The van der Waals surface area contributed by atoms with Crippen LogP contribution in [0.2, 0.25) is 0 Å². The summed E-state index contributed by atoms with van der Waals surface area (Å²) in [6.45, 7) is 1.49. The first-order valence-electron chi connectivity index (χ1n) is 4.57. The van der Waals surface area contributed by atoms with Gasteiger partial charge in [0.2, 0.25) is 0 Å². The molecule has 0 aliphatic heterocycles. The van der Waals surface area contributed by atoms with E-state index in [2.05, 4.69) is 9.72 Å². The Balaban J connectivity index is 3.35. The van der Waals surface area contributed by atoms with Crippen LogP contribution in [0.4, 0.5) is 14.5 Å². The van der Waals surface area contributed by atoms with Crippen LogP contribution in [0.25, 0.3) is 0 Å². The van der Waals surface area contributed by atoms with Crippen LogP contribution in [0.3, 0.4) is 0 Å². The summed E-state index contributed by atoms with van der Waals surface area (Å²) in [5, 5.41) is 10.7. The number of ether oxygens (including phenoxy) is 1. The van der Waals surface area contributed by atoms with E-state index in [9.17, 15) is 23.7 Å². The molecule has 8 heteroatoms. The highest BCUT2D eigenvalue weighted by molar-refractivity contribution is 5.94. The third-order valence-corrected chi connectivity index (χ3v) is 1.84. The van der Waals surface area contributed by atoms with Gasteiger partial charge in [-0.1, -0.05) is 0 Å². The fourth-order valence-corrected chi connectivity index (χ4v) is 1.20. The number of pyridine rings is 1. The summed E-state index contributed by atoms with van der Waals surface area (Å²) < 4.78 is 29.5. The highest BCUT2D eigenvalue weighted by atomic mass is 19.3. The number of hydrogen-bond donors (Lipinski definition) is 0. The average Bonchev–Trinajstić information content (AvgIpc) is 2.28. The van der Waals surface area contributed by atoms with Crippen LogP contribution in [-0.2, 0) is 4.74 Å². The van der Waals surface area contributed by atoms with Crippen molar-refractivity contribution in [3.63, 3.8) is 0 Å². The number of esters is 1. The molecule has 1 rings (SSSR count). The van der Waals surface area contributed by atoms with Crippen molar-refractivity contribution >= 4 is 11.7 Å². The summed E-state index contributed by atoms with van der Waals surface area (Å²) >= 11 is 0. The molecule has 0 aliphatic rings. The van der Waals surface area contributed by atoms with E-state index in [0.29, 0.717) is 0 Å². The second-order valence-electron chi connectivity index (χ2n) is 2.87. The molecule has 0 amide bonds. The van der Waals surface area contributed by atoms with Gasteiger partial charge in [-0.15, -0.1) is 0 Å². The predicted octanol–water partition coefficient (Wildman–Crippen LogP) is 2.10. The van der Waals surface area contributed by atoms with Gasteiger partial charge in [0.15, 0.2) is 5.69 Å². The molecule has 0 saturated heterocycles. The first-order chi connectivity index (χ1) is 7.99. The number of carbonyl (C=O) groups is 1. The molecule has 0 radical (unpaired) electrons. The molecule has 0 atom stereocenters. The fourth-order valence-electron chi connectivity index (χ4n) is 1.20. The summed E-state index contributed by atoms with van der Waals surface area (Å²) in [4.78, 5) is 24.2. The standard InChI is InChI=1S/C9H8F2N2O4/c1-2-17-9(14)5-3-4-12-6(8(10)11)7(5)13(15)16/h3-4,8H,2H2,1H3. The number of carbonyl (C=O) groups excluding carboxylic acids is 1. The van der Waals surface area contributed by atoms with E-state index in [1.54, 1.807) is 0 Å². The molecule has 0 aliphatic carbocycles. The van der Waals surface area contributed by atoms with Gasteiger partial charge in [-0.25, -0.2) is 18.6 Å². The lowest BCUT2D eigenvalue weighted by Crippen LogP contribution is -2.11. The number of rotatable bonds is 4. The van der Waals surface area contributed by atoms with Crippen molar-refractivity contribution in [3.8, 4) is 0 Å². The molecule has 0 bridgehead atoms. The van der Waals surface area contributed by atoms with Crippen molar-refractivity contribution in [2.24, 2.45) is 0 Å². The van der Waals surface area contributed by atoms with Gasteiger partial charge in [-0.3, -0.25) is 10.1 Å². The van der Waals surface area contributed by atoms with Crippen molar-refractivity contribution in [2.45, 2.75) is 13.3 Å². The van der Waals surface area contributed by atoms with E-state index in [-0.39, 0.29) is 6.61 Å². The van der Waals surface area contributed by atoms with Crippen molar-refractivity contribution in [1.29, 1.82) is 0 Å². The Bertz CT molecular complexity index is 451. The summed E-state index contributed by atoms with van der Waals surface area (Å²) in [6, 6.07) is 0.974. The van der Waals surface area contributed by atoms with Gasteiger partial charge in [-0.05, 0) is 13.0 Å². The largest absolute Gasteiger partial charge is 0.462 e. The third kappa shape index (κ3) is 2.71. The minimum absolute atomic E-state index is 0.0116. The lowest BCUT2D eigenvalue weighted by molar-refractivity contribution is -0.387. The Morgan fingerprint density at radius 3 is 2.76 bits per heavy atom. The zero-order valence-corrected chi connectivity index (χ0v) is 8.72. The number of halogens is 2. The maximum atomic E-state index is 12.5. The number of hydrogen-bond acceptors (Lipinski definition) is 5. The molecule has 92 valence electrons. The first-order valence-corrected chi connectivity index (χ1v) is 4.57. The van der Waals surface area contributed by atoms with Gasteiger partial charge in [-0.2, -0.15) is 0 Å². The van der Waals surface area contributed by atoms with Gasteiger partial charge in [0, 0.05) is 6.20 Å². The van der Waals surface area contributed by atoms with Crippen LogP contribution in [0.15, 0.2) is 12.3 Å². The SMILES string of the molecule is CCOC(=O)c1ccnc(C(F)F)c1[N+](=O)[O-]. The van der Waals surface area contributed by atoms with E-state index < -0.39 is 34.3 Å². The lowest BCUT2D eigenvalue weighted by atomic mass is 10.2. The van der Waals surface area contributed by atoms with Crippen molar-refractivity contribution < 1.29 is 23.2 Å². The molecular weight excluding hydrogens is 238 g/mol. The van der Waals surface area contributed by atoms with Crippen LogP contribution >= 0.6 is 0 Å². The van der Waals surface area contributed by atoms with Crippen molar-refractivity contribution in [2.75, 3.05) is 6.61 Å². The van der Waals surface area contributed by atoms with E-state index in [0.717, 1.165) is 12.3 Å². The molecule has 17 heavy (non-hydrogen) atoms. The molecule has 0 spiro atoms. The molecule has 0 unspecified atom stereocenters. The summed E-state index contributed by atoms with van der Waals surface area (Å²) in [5.41, 5.74) is -2.58. The minimum Gasteiger partial charge on any atom is -0.462 e. The quantitative estimate of drug-likeness (QED) is 0.461. The molecule has 0 fully saturated rings. The van der Waals surface area contributed by atoms with E-state index >= 15 is 0 Å². The van der Waals surface area contributed by atoms with Crippen molar-refractivity contribution in [1.82, 2.24) is 4.98 Å². The Morgan fingerprint density at radius 1 is 1.65 bits per heavy atom. The Kier molecular flexibility index (Phi) is 4.02. The number of aromatic nitrogens is 1. The van der Waals surface area contributed by atoms with Crippen LogP contribution in [0.5, 0.6) is 0 Å². The molecular formula is C9H8F2N2O4. The number of nitro groups is 1. The smallest absolute Gasteiger partial charge is 0.345 e. The summed E-state index contributed by atoms with van der Waals surface area (Å²) in [6.07, 6.45) is -2.23. The minimum atomic E-state index is -3.13. The van der Waals surface area contributed by atoms with Gasteiger partial charge in [0.05, 0.1) is 11.5 Å². The summed E-state index contributed by atoms with van der Waals surface area (Å²) in [7, 11) is 0. The fraction of sp³-hybridized carbons (Fsp3) is 0.333. The molecule has 0 saturated carbocycles. The Labute approximate surface area is 94.4 Å². The topological polar surface area (TPSA) is 82.3 Å². The Morgan fingerprint density at radius 2 is 2.29 bits per heavy atom. The van der Waals surface area contributed by atoms with E-state index in [1.165, 1.54) is 6.92 Å². The van der Waals surface area contributed by atoms with Gasteiger partial charge >= 0.3 is 11.7 Å². The van der Waals surface area contributed by atoms with Crippen molar-refractivity contribution in [3.05, 3.63) is 33.6 Å². The maximum absolute atomic E-state index is 12.5. The lowest BCUT2D eigenvalue weighted by Gasteiger charge is -2.05. The van der Waals surface area contributed by atoms with Crippen LogP contribution < -0.4 is 0 Å². The van der Waals surface area contributed by atoms with Crippen LogP contribution in [-0.4, -0.2) is 22.5 Å². The average molecular weight is 246 g/mol. The maximum Gasteiger partial charge on any atom is 0.345 e. The van der Waals surface area contributed by atoms with Gasteiger partial charge < -0.3 is 4.74 Å². The highest BCUT2D eigenvalue weighted by Gasteiger charge is 2.30. The number of alkyl halides is 2. The van der Waals surface area contributed by atoms with Crippen LogP contribution in [0.1, 0.15) is 29.4 Å². The van der Waals surface area contributed by atoms with E-state index in [1.807, 2.05) is 0 Å². The number of nitrogens with zero attached hydrogens (tertiary/aromatic N) is 2. The second-order valence-corrected chi connectivity index (χ2v) is 2.87. The molecule has 1 aromatic rings. The molecule has 1 aromatic heterocycles. The van der Waals surface area contributed by atoms with Gasteiger partial charge in [0.1, 0.15) is 5.56 Å². The normalized spacial score (nSPS) is 10.4. The second kappa shape index (κ2) is 5.28. The first kappa shape index (κ1) is 12.9. The highest BCUT2D eigenvalue weighted by Crippen LogP contribution is 2.30. The van der Waals surface area contributed by atoms with Crippen LogP contribution in [0, 0.1) is 10.1 Å². The molecule has 1 heterocycles. The molecule has 0 aromatic carbocycles. The summed E-state index contributed by atoms with van der Waals surface area (Å²) in [5.74, 6) is -1.02.